The van der Waals surface area contributed by atoms with Crippen LogP contribution in [0.4, 0.5) is 8.78 Å². The van der Waals surface area contributed by atoms with Crippen LogP contribution in [-0.4, -0.2) is 15.0 Å². The highest BCUT2D eigenvalue weighted by Crippen LogP contribution is 2.27. The van der Waals surface area contributed by atoms with E-state index in [1.807, 2.05) is 0 Å². The lowest BCUT2D eigenvalue weighted by Crippen LogP contribution is -1.92. The molecule has 1 aromatic carbocycles. The standard InChI is InChI=1S/C12H7F2N3O/c1-6-17-11-10(15-5-16-12(11)18-6)8-3-2-7(13)4-9(8)14/h2-5H,1H3. The molecule has 2 heterocycles. The Morgan fingerprint density at radius 3 is 2.78 bits per heavy atom. The monoisotopic (exact) mass is 247 g/mol. The number of hydrogen-bond donors (Lipinski definition) is 0. The van der Waals surface area contributed by atoms with E-state index in [9.17, 15) is 8.78 Å². The SMILES string of the molecule is Cc1nc2c(-c3ccc(F)cc3F)ncnc2o1. The van der Waals surface area contributed by atoms with Crippen LogP contribution >= 0.6 is 0 Å². The minimum absolute atomic E-state index is 0.164. The minimum atomic E-state index is -0.698. The molecular weight excluding hydrogens is 240 g/mol. The van der Waals surface area contributed by atoms with Crippen molar-refractivity contribution in [2.24, 2.45) is 0 Å². The lowest BCUT2D eigenvalue weighted by Gasteiger charge is -2.02. The molecule has 0 aliphatic carbocycles. The van der Waals surface area contributed by atoms with Crippen molar-refractivity contribution in [3.63, 3.8) is 0 Å². The molecule has 0 N–H and O–H groups in total. The van der Waals surface area contributed by atoms with Gasteiger partial charge in [-0.3, -0.25) is 0 Å². The molecule has 0 aliphatic rings. The Hall–Kier alpha value is -2.37. The highest BCUT2D eigenvalue weighted by molar-refractivity contribution is 5.85. The van der Waals surface area contributed by atoms with Crippen molar-refractivity contribution in [1.29, 1.82) is 0 Å². The summed E-state index contributed by atoms with van der Waals surface area (Å²) in [5.41, 5.74) is 1.09. The number of rotatable bonds is 1. The number of aromatic nitrogens is 3. The molecule has 90 valence electrons. The van der Waals surface area contributed by atoms with E-state index in [-0.39, 0.29) is 17.0 Å². The van der Waals surface area contributed by atoms with E-state index in [0.717, 1.165) is 6.07 Å². The van der Waals surface area contributed by atoms with E-state index in [1.165, 1.54) is 18.5 Å². The van der Waals surface area contributed by atoms with E-state index in [4.69, 9.17) is 4.42 Å². The van der Waals surface area contributed by atoms with Gasteiger partial charge in [0.1, 0.15) is 23.7 Å². The van der Waals surface area contributed by atoms with Gasteiger partial charge >= 0.3 is 0 Å². The average molecular weight is 247 g/mol. The third kappa shape index (κ3) is 1.62. The lowest BCUT2D eigenvalue weighted by atomic mass is 10.1. The molecule has 18 heavy (non-hydrogen) atoms. The third-order valence-corrected chi connectivity index (χ3v) is 2.49. The van der Waals surface area contributed by atoms with Crippen LogP contribution in [0.5, 0.6) is 0 Å². The zero-order valence-corrected chi connectivity index (χ0v) is 9.32. The maximum atomic E-state index is 13.7. The Morgan fingerprint density at radius 2 is 2.00 bits per heavy atom. The quantitative estimate of drug-likeness (QED) is 0.663. The van der Waals surface area contributed by atoms with Crippen LogP contribution < -0.4 is 0 Å². The van der Waals surface area contributed by atoms with Gasteiger partial charge < -0.3 is 4.42 Å². The predicted octanol–water partition coefficient (Wildman–Crippen LogP) is 2.87. The first-order valence-electron chi connectivity index (χ1n) is 5.19. The fraction of sp³-hybridized carbons (Fsp3) is 0.0833. The molecule has 0 saturated carbocycles. The van der Waals surface area contributed by atoms with E-state index in [2.05, 4.69) is 15.0 Å². The summed E-state index contributed by atoms with van der Waals surface area (Å²) >= 11 is 0. The smallest absolute Gasteiger partial charge is 0.250 e. The number of benzene rings is 1. The summed E-state index contributed by atoms with van der Waals surface area (Å²) in [5, 5.41) is 0. The normalized spacial score (nSPS) is 11.1. The minimum Gasteiger partial charge on any atom is -0.422 e. The Kier molecular flexibility index (Phi) is 2.29. The zero-order valence-electron chi connectivity index (χ0n) is 9.32. The van der Waals surface area contributed by atoms with Crippen molar-refractivity contribution >= 4 is 11.2 Å². The molecule has 0 atom stereocenters. The Labute approximate surface area is 100 Å². The molecule has 0 saturated heterocycles. The Bertz CT molecular complexity index is 739. The van der Waals surface area contributed by atoms with E-state index < -0.39 is 11.6 Å². The Balaban J connectivity index is 2.31. The van der Waals surface area contributed by atoms with Crippen molar-refractivity contribution < 1.29 is 13.2 Å². The number of nitrogens with zero attached hydrogens (tertiary/aromatic N) is 3. The van der Waals surface area contributed by atoms with Gasteiger partial charge in [-0.25, -0.2) is 18.7 Å². The first kappa shape index (κ1) is 10.8. The molecule has 0 amide bonds. The first-order valence-corrected chi connectivity index (χ1v) is 5.19. The van der Waals surface area contributed by atoms with Crippen LogP contribution in [0.15, 0.2) is 28.9 Å². The van der Waals surface area contributed by atoms with Gasteiger partial charge in [0.05, 0.1) is 0 Å². The van der Waals surface area contributed by atoms with Crippen LogP contribution in [-0.2, 0) is 0 Å². The summed E-state index contributed by atoms with van der Waals surface area (Å²) in [5.74, 6) is -0.928. The summed E-state index contributed by atoms with van der Waals surface area (Å²) in [6.45, 7) is 1.66. The number of halogens is 2. The second kappa shape index (κ2) is 3.83. The first-order chi connectivity index (χ1) is 8.65. The molecule has 4 nitrogen and oxygen atoms in total. The van der Waals surface area contributed by atoms with Crippen molar-refractivity contribution in [1.82, 2.24) is 15.0 Å². The molecule has 0 radical (unpaired) electrons. The number of hydrogen-bond acceptors (Lipinski definition) is 4. The third-order valence-electron chi connectivity index (χ3n) is 2.49. The van der Waals surface area contributed by atoms with Gasteiger partial charge in [0.15, 0.2) is 11.4 Å². The predicted molar refractivity (Wildman–Crippen MR) is 59.7 cm³/mol. The van der Waals surface area contributed by atoms with Gasteiger partial charge in [0.2, 0.25) is 0 Å². The van der Waals surface area contributed by atoms with Gasteiger partial charge in [0.25, 0.3) is 5.71 Å². The molecule has 0 aliphatic heterocycles. The summed E-state index contributed by atoms with van der Waals surface area (Å²) < 4.78 is 31.8. The number of oxazole rings is 1. The van der Waals surface area contributed by atoms with Crippen molar-refractivity contribution in [3.05, 3.63) is 42.1 Å². The second-order valence-electron chi connectivity index (χ2n) is 3.73. The van der Waals surface area contributed by atoms with Crippen molar-refractivity contribution in [2.45, 2.75) is 6.92 Å². The molecule has 2 aromatic heterocycles. The number of aryl methyl sites for hydroxylation is 1. The van der Waals surface area contributed by atoms with E-state index in [0.29, 0.717) is 11.4 Å². The average Bonchev–Trinajstić information content (AvgIpc) is 2.69. The molecule has 6 heteroatoms. The largest absolute Gasteiger partial charge is 0.422 e. The van der Waals surface area contributed by atoms with Gasteiger partial charge in [0, 0.05) is 18.6 Å². The summed E-state index contributed by atoms with van der Waals surface area (Å²) in [4.78, 5) is 12.0. The summed E-state index contributed by atoms with van der Waals surface area (Å²) in [6.07, 6.45) is 1.26. The fourth-order valence-electron chi connectivity index (χ4n) is 1.74. The summed E-state index contributed by atoms with van der Waals surface area (Å²) in [7, 11) is 0. The maximum absolute atomic E-state index is 13.7. The zero-order chi connectivity index (χ0) is 12.7. The number of fused-ring (bicyclic) bond motifs is 1. The topological polar surface area (TPSA) is 51.8 Å². The molecule has 0 unspecified atom stereocenters. The highest BCUT2D eigenvalue weighted by atomic mass is 19.1. The molecule has 0 fully saturated rings. The van der Waals surface area contributed by atoms with Gasteiger partial charge in [-0.1, -0.05) is 0 Å². The Morgan fingerprint density at radius 1 is 1.17 bits per heavy atom. The second-order valence-corrected chi connectivity index (χ2v) is 3.73. The molecule has 3 rings (SSSR count). The maximum Gasteiger partial charge on any atom is 0.250 e. The van der Waals surface area contributed by atoms with Crippen LogP contribution in [0.3, 0.4) is 0 Å². The van der Waals surface area contributed by atoms with Gasteiger partial charge in [-0.05, 0) is 12.1 Å². The lowest BCUT2D eigenvalue weighted by molar-refractivity contribution is 0.551. The van der Waals surface area contributed by atoms with E-state index >= 15 is 0 Å². The fourth-order valence-corrected chi connectivity index (χ4v) is 1.74. The molecular formula is C12H7F2N3O. The van der Waals surface area contributed by atoms with Crippen LogP contribution in [0.2, 0.25) is 0 Å². The molecule has 3 aromatic rings. The van der Waals surface area contributed by atoms with Crippen LogP contribution in [0.1, 0.15) is 5.89 Å². The van der Waals surface area contributed by atoms with Gasteiger partial charge in [-0.15, -0.1) is 0 Å². The van der Waals surface area contributed by atoms with Crippen LogP contribution in [0.25, 0.3) is 22.5 Å². The van der Waals surface area contributed by atoms with E-state index in [1.54, 1.807) is 6.92 Å². The highest BCUT2D eigenvalue weighted by Gasteiger charge is 2.15. The van der Waals surface area contributed by atoms with Crippen LogP contribution in [0, 0.1) is 18.6 Å². The van der Waals surface area contributed by atoms with Gasteiger partial charge in [-0.2, -0.15) is 4.98 Å². The summed E-state index contributed by atoms with van der Waals surface area (Å²) in [6, 6.07) is 3.28. The van der Waals surface area contributed by atoms with Crippen molar-refractivity contribution in [2.75, 3.05) is 0 Å². The van der Waals surface area contributed by atoms with Crippen molar-refractivity contribution in [3.8, 4) is 11.3 Å². The molecule has 0 bridgehead atoms. The molecule has 0 spiro atoms.